The van der Waals surface area contributed by atoms with E-state index in [1.807, 2.05) is 4.90 Å². The summed E-state index contributed by atoms with van der Waals surface area (Å²) in [5, 5.41) is 3.41. The summed E-state index contributed by atoms with van der Waals surface area (Å²) in [5.41, 5.74) is 0.668. The van der Waals surface area contributed by atoms with E-state index in [0.717, 1.165) is 26.1 Å². The minimum Gasteiger partial charge on any atom is -0.454 e. The van der Waals surface area contributed by atoms with Gasteiger partial charge in [0.05, 0.1) is 0 Å². The summed E-state index contributed by atoms with van der Waals surface area (Å²) in [5.74, 6) is 1.44. The van der Waals surface area contributed by atoms with Crippen molar-refractivity contribution in [3.63, 3.8) is 0 Å². The van der Waals surface area contributed by atoms with Crippen LogP contribution in [0.5, 0.6) is 11.5 Å². The van der Waals surface area contributed by atoms with Crippen LogP contribution >= 0.6 is 0 Å². The number of benzene rings is 1. The van der Waals surface area contributed by atoms with Crippen molar-refractivity contribution in [3.8, 4) is 11.5 Å². The monoisotopic (exact) mass is 262 g/mol. The first-order valence-corrected chi connectivity index (χ1v) is 6.70. The molecule has 0 spiro atoms. The molecule has 0 saturated carbocycles. The van der Waals surface area contributed by atoms with E-state index in [2.05, 4.69) is 12.2 Å². The van der Waals surface area contributed by atoms with E-state index in [9.17, 15) is 4.79 Å². The second kappa shape index (κ2) is 5.09. The molecule has 1 N–H and O–H groups in total. The van der Waals surface area contributed by atoms with Crippen molar-refractivity contribution in [2.24, 2.45) is 0 Å². The van der Waals surface area contributed by atoms with Gasteiger partial charge in [-0.2, -0.15) is 0 Å². The van der Waals surface area contributed by atoms with E-state index >= 15 is 0 Å². The standard InChI is InChI=1S/C14H18N2O3/c1-2-11-8-16(6-5-15-11)14(17)10-3-4-12-13(7-10)19-9-18-12/h3-4,7,11,15H,2,5-6,8-9H2,1H3. The zero-order valence-corrected chi connectivity index (χ0v) is 11.0. The quantitative estimate of drug-likeness (QED) is 0.871. The minimum absolute atomic E-state index is 0.0678. The van der Waals surface area contributed by atoms with E-state index in [-0.39, 0.29) is 12.7 Å². The Morgan fingerprint density at radius 1 is 1.42 bits per heavy atom. The highest BCUT2D eigenvalue weighted by molar-refractivity contribution is 5.95. The lowest BCUT2D eigenvalue weighted by atomic mass is 10.1. The Labute approximate surface area is 112 Å². The fourth-order valence-electron chi connectivity index (χ4n) is 2.50. The maximum Gasteiger partial charge on any atom is 0.254 e. The van der Waals surface area contributed by atoms with Crippen molar-refractivity contribution in [3.05, 3.63) is 23.8 Å². The number of carbonyl (C=O) groups excluding carboxylic acids is 1. The van der Waals surface area contributed by atoms with E-state index < -0.39 is 0 Å². The molecule has 2 aliphatic heterocycles. The van der Waals surface area contributed by atoms with Gasteiger partial charge in [-0.3, -0.25) is 4.79 Å². The van der Waals surface area contributed by atoms with Crippen molar-refractivity contribution >= 4 is 5.91 Å². The molecule has 0 aliphatic carbocycles. The maximum absolute atomic E-state index is 12.5. The number of hydrogen-bond donors (Lipinski definition) is 1. The van der Waals surface area contributed by atoms with Gasteiger partial charge in [-0.25, -0.2) is 0 Å². The summed E-state index contributed by atoms with van der Waals surface area (Å²) in [6, 6.07) is 5.77. The van der Waals surface area contributed by atoms with Crippen LogP contribution in [0.15, 0.2) is 18.2 Å². The Morgan fingerprint density at radius 2 is 2.26 bits per heavy atom. The van der Waals surface area contributed by atoms with Crippen LogP contribution in [0.3, 0.4) is 0 Å². The highest BCUT2D eigenvalue weighted by atomic mass is 16.7. The maximum atomic E-state index is 12.5. The molecule has 19 heavy (non-hydrogen) atoms. The fourth-order valence-corrected chi connectivity index (χ4v) is 2.50. The SMILES string of the molecule is CCC1CN(C(=O)c2ccc3c(c2)OCO3)CCN1. The Hall–Kier alpha value is -1.75. The molecule has 5 heteroatoms. The van der Waals surface area contributed by atoms with Crippen LogP contribution < -0.4 is 14.8 Å². The van der Waals surface area contributed by atoms with Crippen molar-refractivity contribution in [1.82, 2.24) is 10.2 Å². The molecule has 0 aromatic heterocycles. The van der Waals surface area contributed by atoms with Crippen LogP contribution in [0.2, 0.25) is 0 Å². The zero-order chi connectivity index (χ0) is 13.2. The molecule has 102 valence electrons. The predicted molar refractivity (Wildman–Crippen MR) is 70.6 cm³/mol. The van der Waals surface area contributed by atoms with Gasteiger partial charge in [0, 0.05) is 31.2 Å². The molecule has 1 aromatic rings. The van der Waals surface area contributed by atoms with Crippen molar-refractivity contribution in [2.75, 3.05) is 26.4 Å². The third kappa shape index (κ3) is 2.38. The molecule has 1 amide bonds. The molecular formula is C14H18N2O3. The van der Waals surface area contributed by atoms with Gasteiger partial charge in [-0.1, -0.05) is 6.92 Å². The van der Waals surface area contributed by atoms with Crippen LogP contribution in [-0.4, -0.2) is 43.3 Å². The lowest BCUT2D eigenvalue weighted by Crippen LogP contribution is -2.52. The molecule has 5 nitrogen and oxygen atoms in total. The lowest BCUT2D eigenvalue weighted by molar-refractivity contribution is 0.0701. The predicted octanol–water partition coefficient (Wildman–Crippen LogP) is 1.24. The lowest BCUT2D eigenvalue weighted by Gasteiger charge is -2.33. The van der Waals surface area contributed by atoms with Crippen LogP contribution in [0.1, 0.15) is 23.7 Å². The van der Waals surface area contributed by atoms with Gasteiger partial charge in [0.1, 0.15) is 0 Å². The summed E-state index contributed by atoms with van der Waals surface area (Å²) in [4.78, 5) is 14.4. The number of carbonyl (C=O) groups is 1. The summed E-state index contributed by atoms with van der Waals surface area (Å²) < 4.78 is 10.6. The van der Waals surface area contributed by atoms with Gasteiger partial charge in [0.25, 0.3) is 5.91 Å². The Bertz CT molecular complexity index is 490. The van der Waals surface area contributed by atoms with Gasteiger partial charge >= 0.3 is 0 Å². The summed E-state index contributed by atoms with van der Waals surface area (Å²) >= 11 is 0. The van der Waals surface area contributed by atoms with E-state index in [0.29, 0.717) is 23.1 Å². The Kier molecular flexibility index (Phi) is 3.29. The molecule has 2 aliphatic rings. The van der Waals surface area contributed by atoms with Crippen LogP contribution in [0.25, 0.3) is 0 Å². The van der Waals surface area contributed by atoms with Crippen molar-refractivity contribution in [2.45, 2.75) is 19.4 Å². The summed E-state index contributed by atoms with van der Waals surface area (Å²) in [6.45, 7) is 4.74. The van der Waals surface area contributed by atoms with Gasteiger partial charge in [0.15, 0.2) is 11.5 Å². The topological polar surface area (TPSA) is 50.8 Å². The molecule has 1 fully saturated rings. The summed E-state index contributed by atoms with van der Waals surface area (Å²) in [6.07, 6.45) is 1.03. The van der Waals surface area contributed by atoms with Crippen molar-refractivity contribution in [1.29, 1.82) is 0 Å². The summed E-state index contributed by atoms with van der Waals surface area (Å²) in [7, 11) is 0. The highest BCUT2D eigenvalue weighted by Gasteiger charge is 2.24. The molecule has 1 unspecified atom stereocenters. The zero-order valence-electron chi connectivity index (χ0n) is 11.0. The number of ether oxygens (including phenoxy) is 2. The first-order chi connectivity index (χ1) is 9.28. The molecular weight excluding hydrogens is 244 g/mol. The first kappa shape index (κ1) is 12.3. The number of amides is 1. The number of hydrogen-bond acceptors (Lipinski definition) is 4. The van der Waals surface area contributed by atoms with E-state index in [1.165, 1.54) is 0 Å². The molecule has 2 heterocycles. The molecule has 0 radical (unpaired) electrons. The van der Waals surface area contributed by atoms with Crippen LogP contribution in [0, 0.1) is 0 Å². The smallest absolute Gasteiger partial charge is 0.254 e. The number of piperazine rings is 1. The third-order valence-electron chi connectivity index (χ3n) is 3.66. The van der Waals surface area contributed by atoms with Gasteiger partial charge in [-0.15, -0.1) is 0 Å². The molecule has 1 saturated heterocycles. The fraction of sp³-hybridized carbons (Fsp3) is 0.500. The van der Waals surface area contributed by atoms with Crippen LogP contribution in [-0.2, 0) is 0 Å². The average molecular weight is 262 g/mol. The van der Waals surface area contributed by atoms with Crippen molar-refractivity contribution < 1.29 is 14.3 Å². The Balaban J connectivity index is 1.76. The van der Waals surface area contributed by atoms with Gasteiger partial charge < -0.3 is 19.7 Å². The average Bonchev–Trinajstić information content (AvgIpc) is 2.94. The second-order valence-electron chi connectivity index (χ2n) is 4.88. The number of nitrogens with one attached hydrogen (secondary N) is 1. The van der Waals surface area contributed by atoms with Gasteiger partial charge in [0.2, 0.25) is 6.79 Å². The highest BCUT2D eigenvalue weighted by Crippen LogP contribution is 2.32. The molecule has 0 bridgehead atoms. The van der Waals surface area contributed by atoms with E-state index in [4.69, 9.17) is 9.47 Å². The minimum atomic E-state index is 0.0678. The molecule has 3 rings (SSSR count). The van der Waals surface area contributed by atoms with Crippen LogP contribution in [0.4, 0.5) is 0 Å². The third-order valence-corrected chi connectivity index (χ3v) is 3.66. The normalized spacial score (nSPS) is 21.5. The first-order valence-electron chi connectivity index (χ1n) is 6.70. The van der Waals surface area contributed by atoms with E-state index in [1.54, 1.807) is 18.2 Å². The molecule has 1 aromatic carbocycles. The number of nitrogens with zero attached hydrogens (tertiary/aromatic N) is 1. The number of rotatable bonds is 2. The molecule has 1 atom stereocenters. The Morgan fingerprint density at radius 3 is 3.11 bits per heavy atom. The number of fused-ring (bicyclic) bond motifs is 1. The second-order valence-corrected chi connectivity index (χ2v) is 4.88. The largest absolute Gasteiger partial charge is 0.454 e. The van der Waals surface area contributed by atoms with Gasteiger partial charge in [-0.05, 0) is 24.6 Å².